The van der Waals surface area contributed by atoms with E-state index < -0.39 is 6.10 Å². The molecule has 1 atom stereocenters. The first-order valence-corrected chi connectivity index (χ1v) is 7.13. The molecule has 0 fully saturated rings. The standard InChI is InChI=1S/C15H22ClNO2/c1-3-12(4-2)14(18)10-17-15(19)9-11-6-5-7-13(16)8-11/h5-8,12,14,18H,3-4,9-10H2,1-2H3,(H,17,19). The zero-order valence-electron chi connectivity index (χ0n) is 11.5. The Hall–Kier alpha value is -1.06. The Balaban J connectivity index is 2.39. The number of hydrogen-bond donors (Lipinski definition) is 2. The Bertz CT molecular complexity index is 405. The molecule has 1 amide bonds. The lowest BCUT2D eigenvalue weighted by atomic mass is 9.96. The van der Waals surface area contributed by atoms with Gasteiger partial charge in [0.05, 0.1) is 12.5 Å². The van der Waals surface area contributed by atoms with Crippen LogP contribution in [-0.4, -0.2) is 23.7 Å². The van der Waals surface area contributed by atoms with Crippen molar-refractivity contribution in [2.45, 2.75) is 39.2 Å². The van der Waals surface area contributed by atoms with Crippen molar-refractivity contribution in [2.24, 2.45) is 5.92 Å². The molecule has 1 aromatic rings. The number of rotatable bonds is 7. The third-order valence-electron chi connectivity index (χ3n) is 3.35. The monoisotopic (exact) mass is 283 g/mol. The topological polar surface area (TPSA) is 49.3 Å². The summed E-state index contributed by atoms with van der Waals surface area (Å²) < 4.78 is 0. The van der Waals surface area contributed by atoms with Gasteiger partial charge in [0.2, 0.25) is 5.91 Å². The van der Waals surface area contributed by atoms with Crippen molar-refractivity contribution in [1.82, 2.24) is 5.32 Å². The molecule has 0 spiro atoms. The fraction of sp³-hybridized carbons (Fsp3) is 0.533. The number of carbonyl (C=O) groups is 1. The van der Waals surface area contributed by atoms with Gasteiger partial charge < -0.3 is 10.4 Å². The van der Waals surface area contributed by atoms with E-state index in [9.17, 15) is 9.90 Å². The lowest BCUT2D eigenvalue weighted by Crippen LogP contribution is -2.36. The average Bonchev–Trinajstić information content (AvgIpc) is 2.38. The van der Waals surface area contributed by atoms with Crippen LogP contribution in [0.15, 0.2) is 24.3 Å². The molecule has 1 rings (SSSR count). The van der Waals surface area contributed by atoms with Crippen LogP contribution in [0.5, 0.6) is 0 Å². The third kappa shape index (κ3) is 5.62. The molecule has 0 heterocycles. The summed E-state index contributed by atoms with van der Waals surface area (Å²) in [6, 6.07) is 7.24. The van der Waals surface area contributed by atoms with Crippen molar-refractivity contribution in [3.63, 3.8) is 0 Å². The van der Waals surface area contributed by atoms with Crippen molar-refractivity contribution in [2.75, 3.05) is 6.54 Å². The van der Waals surface area contributed by atoms with Gasteiger partial charge in [-0.25, -0.2) is 0 Å². The maximum absolute atomic E-state index is 11.8. The summed E-state index contributed by atoms with van der Waals surface area (Å²) in [6.45, 7) is 4.40. The Morgan fingerprint density at radius 3 is 2.63 bits per heavy atom. The largest absolute Gasteiger partial charge is 0.391 e. The molecule has 4 heteroatoms. The summed E-state index contributed by atoms with van der Waals surface area (Å²) in [5.74, 6) is 0.152. The van der Waals surface area contributed by atoms with Crippen LogP contribution >= 0.6 is 11.6 Å². The van der Waals surface area contributed by atoms with Gasteiger partial charge in [-0.3, -0.25) is 4.79 Å². The van der Waals surface area contributed by atoms with Gasteiger partial charge in [0.25, 0.3) is 0 Å². The first-order chi connectivity index (χ1) is 9.06. The molecule has 0 aliphatic rings. The molecule has 106 valence electrons. The van der Waals surface area contributed by atoms with Crippen LogP contribution in [0, 0.1) is 5.92 Å². The van der Waals surface area contributed by atoms with Gasteiger partial charge in [-0.15, -0.1) is 0 Å². The smallest absolute Gasteiger partial charge is 0.224 e. The first-order valence-electron chi connectivity index (χ1n) is 6.76. The van der Waals surface area contributed by atoms with Crippen molar-refractivity contribution in [3.05, 3.63) is 34.9 Å². The molecule has 0 aromatic heterocycles. The van der Waals surface area contributed by atoms with E-state index in [0.29, 0.717) is 11.6 Å². The fourth-order valence-electron chi connectivity index (χ4n) is 2.11. The fourth-order valence-corrected chi connectivity index (χ4v) is 2.33. The Labute approximate surface area is 120 Å². The van der Waals surface area contributed by atoms with E-state index in [2.05, 4.69) is 5.32 Å². The second kappa shape index (κ2) is 8.18. The van der Waals surface area contributed by atoms with Gasteiger partial charge in [-0.2, -0.15) is 0 Å². The van der Waals surface area contributed by atoms with Crippen LogP contribution in [-0.2, 0) is 11.2 Å². The molecule has 19 heavy (non-hydrogen) atoms. The summed E-state index contributed by atoms with van der Waals surface area (Å²) in [7, 11) is 0. The number of halogens is 1. The van der Waals surface area contributed by atoms with Gasteiger partial charge in [0, 0.05) is 11.6 Å². The highest BCUT2D eigenvalue weighted by molar-refractivity contribution is 6.30. The number of amides is 1. The molecular weight excluding hydrogens is 262 g/mol. The van der Waals surface area contributed by atoms with Gasteiger partial charge in [-0.1, -0.05) is 50.4 Å². The van der Waals surface area contributed by atoms with E-state index in [1.807, 2.05) is 26.0 Å². The Kier molecular flexibility index (Phi) is 6.89. The summed E-state index contributed by atoms with van der Waals surface area (Å²) in [5, 5.41) is 13.3. The van der Waals surface area contributed by atoms with Crippen LogP contribution < -0.4 is 5.32 Å². The molecule has 0 saturated heterocycles. The lowest BCUT2D eigenvalue weighted by Gasteiger charge is -2.20. The third-order valence-corrected chi connectivity index (χ3v) is 3.59. The van der Waals surface area contributed by atoms with Gasteiger partial charge >= 0.3 is 0 Å². The van der Waals surface area contributed by atoms with Crippen LogP contribution in [0.4, 0.5) is 0 Å². The van der Waals surface area contributed by atoms with Crippen LogP contribution in [0.2, 0.25) is 5.02 Å². The molecule has 3 nitrogen and oxygen atoms in total. The van der Waals surface area contributed by atoms with E-state index in [4.69, 9.17) is 11.6 Å². The highest BCUT2D eigenvalue weighted by atomic mass is 35.5. The van der Waals surface area contributed by atoms with Crippen molar-refractivity contribution in [1.29, 1.82) is 0 Å². The predicted molar refractivity (Wildman–Crippen MR) is 78.2 cm³/mol. The molecule has 2 N–H and O–H groups in total. The van der Waals surface area contributed by atoms with E-state index in [1.54, 1.807) is 12.1 Å². The number of nitrogens with one attached hydrogen (secondary N) is 1. The highest BCUT2D eigenvalue weighted by Gasteiger charge is 2.16. The van der Waals surface area contributed by atoms with E-state index in [1.165, 1.54) is 0 Å². The molecule has 1 aromatic carbocycles. The van der Waals surface area contributed by atoms with Gasteiger partial charge in [0.15, 0.2) is 0 Å². The highest BCUT2D eigenvalue weighted by Crippen LogP contribution is 2.13. The predicted octanol–water partition coefficient (Wildman–Crippen LogP) is 2.80. The number of aliphatic hydroxyl groups is 1. The lowest BCUT2D eigenvalue weighted by molar-refractivity contribution is -0.121. The average molecular weight is 284 g/mol. The first kappa shape index (κ1) is 16.0. The normalized spacial score (nSPS) is 12.5. The SMILES string of the molecule is CCC(CC)C(O)CNC(=O)Cc1cccc(Cl)c1. The summed E-state index contributed by atoms with van der Waals surface area (Å²) in [4.78, 5) is 11.8. The molecule has 0 bridgehead atoms. The minimum absolute atomic E-state index is 0.0905. The molecule has 0 radical (unpaired) electrons. The van der Waals surface area contributed by atoms with Crippen LogP contribution in [0.3, 0.4) is 0 Å². The second-order valence-corrected chi connectivity index (χ2v) is 5.19. The summed E-state index contributed by atoms with van der Waals surface area (Å²) in [6.07, 6.45) is 1.65. The Morgan fingerprint density at radius 2 is 2.05 bits per heavy atom. The maximum atomic E-state index is 11.8. The molecule has 1 unspecified atom stereocenters. The van der Waals surface area contributed by atoms with Crippen LogP contribution in [0.1, 0.15) is 32.3 Å². The quantitative estimate of drug-likeness (QED) is 0.808. The number of aliphatic hydroxyl groups excluding tert-OH is 1. The van der Waals surface area contributed by atoms with Crippen molar-refractivity contribution in [3.8, 4) is 0 Å². The maximum Gasteiger partial charge on any atom is 0.224 e. The number of hydrogen-bond acceptors (Lipinski definition) is 2. The summed E-state index contributed by atoms with van der Waals surface area (Å²) in [5.41, 5.74) is 0.877. The second-order valence-electron chi connectivity index (χ2n) is 4.75. The summed E-state index contributed by atoms with van der Waals surface area (Å²) >= 11 is 5.86. The molecular formula is C15H22ClNO2. The zero-order chi connectivity index (χ0) is 14.3. The number of benzene rings is 1. The molecule has 0 aliphatic carbocycles. The van der Waals surface area contributed by atoms with Crippen LogP contribution in [0.25, 0.3) is 0 Å². The minimum Gasteiger partial charge on any atom is -0.391 e. The zero-order valence-corrected chi connectivity index (χ0v) is 12.3. The van der Waals surface area contributed by atoms with Crippen molar-refractivity contribution < 1.29 is 9.90 Å². The number of carbonyl (C=O) groups excluding carboxylic acids is 1. The van der Waals surface area contributed by atoms with Gasteiger partial charge in [0.1, 0.15) is 0 Å². The van der Waals surface area contributed by atoms with E-state index in [0.717, 1.165) is 18.4 Å². The molecule has 0 aliphatic heterocycles. The minimum atomic E-state index is -0.474. The van der Waals surface area contributed by atoms with Gasteiger partial charge in [-0.05, 0) is 23.6 Å². The van der Waals surface area contributed by atoms with E-state index >= 15 is 0 Å². The molecule has 0 saturated carbocycles. The Morgan fingerprint density at radius 1 is 1.37 bits per heavy atom. The van der Waals surface area contributed by atoms with Crippen molar-refractivity contribution >= 4 is 17.5 Å². The van der Waals surface area contributed by atoms with E-state index in [-0.39, 0.29) is 18.2 Å².